The van der Waals surface area contributed by atoms with Gasteiger partial charge in [0.1, 0.15) is 0 Å². The Morgan fingerprint density at radius 2 is 2.11 bits per heavy atom. The quantitative estimate of drug-likeness (QED) is 0.811. The normalized spacial score (nSPS) is 14.5. The van der Waals surface area contributed by atoms with Crippen molar-refractivity contribution in [3.8, 4) is 0 Å². The van der Waals surface area contributed by atoms with Gasteiger partial charge < -0.3 is 15.0 Å². The number of hydrogen-bond donors (Lipinski definition) is 1. The van der Waals surface area contributed by atoms with Crippen LogP contribution in [0.5, 0.6) is 0 Å². The molecule has 0 aliphatic carbocycles. The van der Waals surface area contributed by atoms with Crippen LogP contribution in [0.1, 0.15) is 19.3 Å². The first-order valence-electron chi connectivity index (χ1n) is 6.16. The summed E-state index contributed by atoms with van der Waals surface area (Å²) in [5, 5.41) is 3.09. The zero-order chi connectivity index (χ0) is 13.7. The SMILES string of the molecule is COC(=O)CCNc1nc(Cl)nc(N2CCCC2)n1. The van der Waals surface area contributed by atoms with Crippen molar-refractivity contribution < 1.29 is 9.53 Å². The number of nitrogens with zero attached hydrogens (tertiary/aromatic N) is 4. The molecule has 0 saturated carbocycles. The van der Waals surface area contributed by atoms with E-state index in [4.69, 9.17) is 11.6 Å². The van der Waals surface area contributed by atoms with Gasteiger partial charge in [0.25, 0.3) is 0 Å². The van der Waals surface area contributed by atoms with Gasteiger partial charge in [-0.05, 0) is 24.4 Å². The van der Waals surface area contributed by atoms with E-state index in [1.807, 2.05) is 0 Å². The van der Waals surface area contributed by atoms with E-state index in [2.05, 4.69) is 29.9 Å². The third kappa shape index (κ3) is 3.92. The lowest BCUT2D eigenvalue weighted by atomic mass is 10.4. The van der Waals surface area contributed by atoms with Gasteiger partial charge in [-0.15, -0.1) is 0 Å². The minimum Gasteiger partial charge on any atom is -0.469 e. The molecule has 8 heteroatoms. The molecule has 2 rings (SSSR count). The van der Waals surface area contributed by atoms with Crippen LogP contribution in [0.3, 0.4) is 0 Å². The number of hydrogen-bond acceptors (Lipinski definition) is 7. The predicted octanol–water partition coefficient (Wildman–Crippen LogP) is 1.10. The van der Waals surface area contributed by atoms with Crippen molar-refractivity contribution in [1.82, 2.24) is 15.0 Å². The zero-order valence-electron chi connectivity index (χ0n) is 10.7. The monoisotopic (exact) mass is 285 g/mol. The fraction of sp³-hybridized carbons (Fsp3) is 0.636. The summed E-state index contributed by atoms with van der Waals surface area (Å²) < 4.78 is 4.55. The van der Waals surface area contributed by atoms with Gasteiger partial charge in [0.05, 0.1) is 13.5 Å². The van der Waals surface area contributed by atoms with Crippen molar-refractivity contribution in [1.29, 1.82) is 0 Å². The molecule has 0 spiro atoms. The van der Waals surface area contributed by atoms with Gasteiger partial charge in [0.15, 0.2) is 0 Å². The number of carbonyl (C=O) groups is 1. The number of methoxy groups -OCH3 is 1. The van der Waals surface area contributed by atoms with E-state index in [9.17, 15) is 4.79 Å². The Kier molecular flexibility index (Phi) is 4.73. The van der Waals surface area contributed by atoms with Crippen molar-refractivity contribution in [2.75, 3.05) is 37.0 Å². The molecule has 0 atom stereocenters. The Morgan fingerprint density at radius 3 is 2.79 bits per heavy atom. The van der Waals surface area contributed by atoms with Crippen molar-refractivity contribution in [2.45, 2.75) is 19.3 Å². The molecule has 1 aliphatic heterocycles. The van der Waals surface area contributed by atoms with Crippen molar-refractivity contribution in [3.63, 3.8) is 0 Å². The highest BCUT2D eigenvalue weighted by Crippen LogP contribution is 2.18. The Balaban J connectivity index is 1.98. The summed E-state index contributed by atoms with van der Waals surface area (Å²) in [7, 11) is 1.35. The first kappa shape index (κ1) is 13.8. The summed E-state index contributed by atoms with van der Waals surface area (Å²) in [6, 6.07) is 0. The number of esters is 1. The van der Waals surface area contributed by atoms with Crippen LogP contribution in [0.25, 0.3) is 0 Å². The molecule has 1 aromatic heterocycles. The Morgan fingerprint density at radius 1 is 1.37 bits per heavy atom. The largest absolute Gasteiger partial charge is 0.469 e. The number of ether oxygens (including phenoxy) is 1. The molecule has 0 amide bonds. The fourth-order valence-corrected chi connectivity index (χ4v) is 2.01. The first-order chi connectivity index (χ1) is 9.19. The second-order valence-electron chi connectivity index (χ2n) is 4.18. The van der Waals surface area contributed by atoms with E-state index >= 15 is 0 Å². The van der Waals surface area contributed by atoms with Gasteiger partial charge in [-0.1, -0.05) is 0 Å². The molecular weight excluding hydrogens is 270 g/mol. The smallest absolute Gasteiger partial charge is 0.307 e. The van der Waals surface area contributed by atoms with Gasteiger partial charge in [-0.25, -0.2) is 0 Å². The van der Waals surface area contributed by atoms with E-state index < -0.39 is 0 Å². The molecule has 1 aliphatic rings. The topological polar surface area (TPSA) is 80.2 Å². The Bertz CT molecular complexity index is 451. The molecule has 1 aromatic rings. The number of anilines is 2. The lowest BCUT2D eigenvalue weighted by Gasteiger charge is -2.15. The highest BCUT2D eigenvalue weighted by Gasteiger charge is 2.16. The number of aromatic nitrogens is 3. The van der Waals surface area contributed by atoms with Gasteiger partial charge in [-0.3, -0.25) is 4.79 Å². The number of carbonyl (C=O) groups excluding carboxylic acids is 1. The Labute approximate surface area is 116 Å². The second kappa shape index (κ2) is 6.51. The van der Waals surface area contributed by atoms with E-state index in [-0.39, 0.29) is 17.7 Å². The van der Waals surface area contributed by atoms with Gasteiger partial charge in [-0.2, -0.15) is 15.0 Å². The van der Waals surface area contributed by atoms with E-state index in [1.54, 1.807) is 0 Å². The molecule has 104 valence electrons. The zero-order valence-corrected chi connectivity index (χ0v) is 11.5. The summed E-state index contributed by atoms with van der Waals surface area (Å²) in [4.78, 5) is 25.5. The molecule has 1 saturated heterocycles. The van der Waals surface area contributed by atoms with Gasteiger partial charge >= 0.3 is 5.97 Å². The molecule has 7 nitrogen and oxygen atoms in total. The maximum atomic E-state index is 11.0. The van der Waals surface area contributed by atoms with Crippen LogP contribution in [0.2, 0.25) is 5.28 Å². The lowest BCUT2D eigenvalue weighted by molar-refractivity contribution is -0.140. The molecule has 2 heterocycles. The van der Waals surface area contributed by atoms with Gasteiger partial charge in [0.2, 0.25) is 17.2 Å². The number of halogens is 1. The highest BCUT2D eigenvalue weighted by atomic mass is 35.5. The molecule has 19 heavy (non-hydrogen) atoms. The summed E-state index contributed by atoms with van der Waals surface area (Å²) in [6.45, 7) is 2.26. The van der Waals surface area contributed by atoms with Crippen molar-refractivity contribution in [2.24, 2.45) is 0 Å². The summed E-state index contributed by atoms with van der Waals surface area (Å²) in [5.74, 6) is 0.677. The maximum absolute atomic E-state index is 11.0. The summed E-state index contributed by atoms with van der Waals surface area (Å²) >= 11 is 5.88. The standard InChI is InChI=1S/C11H16ClN5O2/c1-19-8(18)4-5-13-10-14-9(12)15-11(16-10)17-6-2-3-7-17/h2-7H2,1H3,(H,13,14,15,16). The van der Waals surface area contributed by atoms with Crippen LogP contribution in [0.4, 0.5) is 11.9 Å². The Hall–Kier alpha value is -1.63. The summed E-state index contributed by atoms with van der Waals surface area (Å²) in [5.41, 5.74) is 0. The minimum absolute atomic E-state index is 0.150. The van der Waals surface area contributed by atoms with Crippen LogP contribution in [0, 0.1) is 0 Å². The molecule has 0 unspecified atom stereocenters. The number of rotatable bonds is 5. The first-order valence-corrected chi connectivity index (χ1v) is 6.54. The summed E-state index contributed by atoms with van der Waals surface area (Å²) in [6.07, 6.45) is 2.52. The third-order valence-electron chi connectivity index (χ3n) is 2.83. The van der Waals surface area contributed by atoms with E-state index in [0.29, 0.717) is 18.4 Å². The van der Waals surface area contributed by atoms with Crippen LogP contribution < -0.4 is 10.2 Å². The van der Waals surface area contributed by atoms with Crippen LogP contribution in [-0.2, 0) is 9.53 Å². The van der Waals surface area contributed by atoms with E-state index in [1.165, 1.54) is 7.11 Å². The molecular formula is C11H16ClN5O2. The molecule has 0 bridgehead atoms. The van der Waals surface area contributed by atoms with Crippen LogP contribution in [0.15, 0.2) is 0 Å². The van der Waals surface area contributed by atoms with Crippen LogP contribution >= 0.6 is 11.6 Å². The van der Waals surface area contributed by atoms with E-state index in [0.717, 1.165) is 25.9 Å². The average molecular weight is 286 g/mol. The predicted molar refractivity (Wildman–Crippen MR) is 71.4 cm³/mol. The fourth-order valence-electron chi connectivity index (χ4n) is 1.86. The molecule has 1 fully saturated rings. The van der Waals surface area contributed by atoms with Crippen LogP contribution in [-0.4, -0.2) is 47.7 Å². The van der Waals surface area contributed by atoms with Crippen molar-refractivity contribution >= 4 is 29.5 Å². The molecule has 0 radical (unpaired) electrons. The third-order valence-corrected chi connectivity index (χ3v) is 2.99. The molecule has 1 N–H and O–H groups in total. The lowest BCUT2D eigenvalue weighted by Crippen LogP contribution is -2.22. The highest BCUT2D eigenvalue weighted by molar-refractivity contribution is 6.28. The average Bonchev–Trinajstić information content (AvgIpc) is 2.91. The second-order valence-corrected chi connectivity index (χ2v) is 4.51. The van der Waals surface area contributed by atoms with Crippen molar-refractivity contribution in [3.05, 3.63) is 5.28 Å². The molecule has 0 aromatic carbocycles. The van der Waals surface area contributed by atoms with Gasteiger partial charge in [0, 0.05) is 19.6 Å². The maximum Gasteiger partial charge on any atom is 0.307 e. The minimum atomic E-state index is -0.285. The number of nitrogens with one attached hydrogen (secondary N) is 1.